The molecule has 4 N–H and O–H groups in total. The molecule has 2 aromatic rings. The smallest absolute Gasteiger partial charge is 0.326 e. The first-order valence-electron chi connectivity index (χ1n) is 5.83. The lowest BCUT2D eigenvalue weighted by atomic mass is 10.2. The molecule has 110 valence electrons. The van der Waals surface area contributed by atoms with Crippen LogP contribution in [0.4, 0.5) is 9.93 Å². The lowest BCUT2D eigenvalue weighted by molar-refractivity contribution is -0.145. The summed E-state index contributed by atoms with van der Waals surface area (Å²) in [7, 11) is 0. The van der Waals surface area contributed by atoms with Crippen LogP contribution in [0.3, 0.4) is 0 Å². The SMILES string of the molecule is O=C(O)CC(NC(=O)Nc1nc2ccccc2s1)C(=O)O. The van der Waals surface area contributed by atoms with Gasteiger partial charge < -0.3 is 15.5 Å². The highest BCUT2D eigenvalue weighted by Gasteiger charge is 2.23. The molecule has 0 aliphatic rings. The number of nitrogens with one attached hydrogen (secondary N) is 2. The molecule has 8 nitrogen and oxygen atoms in total. The third-order valence-corrected chi connectivity index (χ3v) is 3.45. The minimum absolute atomic E-state index is 0.299. The van der Waals surface area contributed by atoms with Crippen molar-refractivity contribution >= 4 is 44.7 Å². The summed E-state index contributed by atoms with van der Waals surface area (Å²) in [6, 6.07) is 4.93. The summed E-state index contributed by atoms with van der Waals surface area (Å²) < 4.78 is 0.869. The second kappa shape index (κ2) is 6.18. The predicted octanol–water partition coefficient (Wildman–Crippen LogP) is 1.35. The van der Waals surface area contributed by atoms with Crippen molar-refractivity contribution in [1.29, 1.82) is 0 Å². The Morgan fingerprint density at radius 2 is 1.95 bits per heavy atom. The number of aromatic nitrogens is 1. The molecule has 0 spiro atoms. The standard InChI is InChI=1S/C12H11N3O5S/c16-9(17)5-7(10(18)19)13-11(20)15-12-14-6-3-1-2-4-8(6)21-12/h1-4,7H,5H2,(H,16,17)(H,18,19)(H2,13,14,15,20). The van der Waals surface area contributed by atoms with E-state index in [1.807, 2.05) is 12.1 Å². The molecule has 0 bridgehead atoms. The molecule has 9 heteroatoms. The highest BCUT2D eigenvalue weighted by Crippen LogP contribution is 2.25. The third kappa shape index (κ3) is 3.89. The largest absolute Gasteiger partial charge is 0.481 e. The zero-order valence-corrected chi connectivity index (χ0v) is 11.4. The summed E-state index contributed by atoms with van der Waals surface area (Å²) in [6.45, 7) is 0. The van der Waals surface area contributed by atoms with E-state index >= 15 is 0 Å². The molecular weight excluding hydrogens is 298 g/mol. The zero-order chi connectivity index (χ0) is 15.4. The van der Waals surface area contributed by atoms with E-state index in [0.717, 1.165) is 4.70 Å². The number of urea groups is 1. The Morgan fingerprint density at radius 1 is 1.24 bits per heavy atom. The second-order valence-electron chi connectivity index (χ2n) is 4.07. The van der Waals surface area contributed by atoms with Gasteiger partial charge in [0.25, 0.3) is 0 Å². The van der Waals surface area contributed by atoms with Gasteiger partial charge in [-0.3, -0.25) is 10.1 Å². The number of carbonyl (C=O) groups excluding carboxylic acids is 1. The molecule has 0 aliphatic carbocycles. The molecule has 0 aliphatic heterocycles. The van der Waals surface area contributed by atoms with Crippen LogP contribution in [0.25, 0.3) is 10.2 Å². The normalized spacial score (nSPS) is 11.8. The van der Waals surface area contributed by atoms with E-state index in [9.17, 15) is 14.4 Å². The third-order valence-electron chi connectivity index (χ3n) is 2.50. The van der Waals surface area contributed by atoms with Crippen molar-refractivity contribution in [1.82, 2.24) is 10.3 Å². The minimum Gasteiger partial charge on any atom is -0.481 e. The van der Waals surface area contributed by atoms with Crippen LogP contribution in [0.1, 0.15) is 6.42 Å². The number of para-hydroxylation sites is 1. The van der Waals surface area contributed by atoms with Gasteiger partial charge in [0, 0.05) is 0 Å². The molecule has 2 rings (SSSR count). The molecule has 0 radical (unpaired) electrons. The molecule has 1 heterocycles. The van der Waals surface area contributed by atoms with Gasteiger partial charge in [-0.25, -0.2) is 14.6 Å². The zero-order valence-electron chi connectivity index (χ0n) is 10.6. The molecule has 1 atom stereocenters. The first kappa shape index (κ1) is 14.7. The van der Waals surface area contributed by atoms with Crippen molar-refractivity contribution in [3.8, 4) is 0 Å². The van der Waals surface area contributed by atoms with E-state index in [1.54, 1.807) is 12.1 Å². The molecule has 0 fully saturated rings. The Kier molecular flexibility index (Phi) is 4.33. The number of anilines is 1. The number of rotatable bonds is 5. The molecule has 1 unspecified atom stereocenters. The number of carboxylic acid groups (broad SMARTS) is 2. The maximum absolute atomic E-state index is 11.7. The number of nitrogens with zero attached hydrogens (tertiary/aromatic N) is 1. The summed E-state index contributed by atoms with van der Waals surface area (Å²) in [5.74, 6) is -2.74. The fourth-order valence-electron chi connectivity index (χ4n) is 1.59. The summed E-state index contributed by atoms with van der Waals surface area (Å²) in [6.07, 6.45) is -0.706. The molecule has 21 heavy (non-hydrogen) atoms. The Morgan fingerprint density at radius 3 is 2.57 bits per heavy atom. The first-order chi connectivity index (χ1) is 9.95. The van der Waals surface area contributed by atoms with Gasteiger partial charge in [-0.2, -0.15) is 0 Å². The summed E-state index contributed by atoms with van der Waals surface area (Å²) in [5.41, 5.74) is 0.707. The van der Waals surface area contributed by atoms with E-state index in [2.05, 4.69) is 15.6 Å². The summed E-state index contributed by atoms with van der Waals surface area (Å²) >= 11 is 1.23. The lowest BCUT2D eigenvalue weighted by Gasteiger charge is -2.11. The number of hydrogen-bond acceptors (Lipinski definition) is 5. The highest BCUT2D eigenvalue weighted by molar-refractivity contribution is 7.22. The van der Waals surface area contributed by atoms with E-state index in [4.69, 9.17) is 10.2 Å². The van der Waals surface area contributed by atoms with Crippen LogP contribution in [0.15, 0.2) is 24.3 Å². The van der Waals surface area contributed by atoms with Crippen LogP contribution in [0.5, 0.6) is 0 Å². The van der Waals surface area contributed by atoms with Crippen LogP contribution in [0.2, 0.25) is 0 Å². The van der Waals surface area contributed by atoms with Crippen molar-refractivity contribution in [3.05, 3.63) is 24.3 Å². The second-order valence-corrected chi connectivity index (χ2v) is 5.10. The van der Waals surface area contributed by atoms with Gasteiger partial charge in [0.05, 0.1) is 16.6 Å². The quantitative estimate of drug-likeness (QED) is 0.660. The van der Waals surface area contributed by atoms with Gasteiger partial charge in [-0.15, -0.1) is 0 Å². The molecule has 2 amide bonds. The predicted molar refractivity (Wildman–Crippen MR) is 75.5 cm³/mol. The number of thiazole rings is 1. The van der Waals surface area contributed by atoms with Crippen LogP contribution in [0, 0.1) is 0 Å². The Labute approximate surface area is 122 Å². The monoisotopic (exact) mass is 309 g/mol. The van der Waals surface area contributed by atoms with Crippen LogP contribution < -0.4 is 10.6 Å². The van der Waals surface area contributed by atoms with Crippen LogP contribution in [-0.4, -0.2) is 39.2 Å². The number of carboxylic acids is 2. The van der Waals surface area contributed by atoms with Gasteiger partial charge in [0.2, 0.25) is 0 Å². The van der Waals surface area contributed by atoms with Gasteiger partial charge in [0.15, 0.2) is 5.13 Å². The minimum atomic E-state index is -1.50. The lowest BCUT2D eigenvalue weighted by Crippen LogP contribution is -2.44. The van der Waals surface area contributed by atoms with Crippen molar-refractivity contribution < 1.29 is 24.6 Å². The van der Waals surface area contributed by atoms with Crippen molar-refractivity contribution in [3.63, 3.8) is 0 Å². The molecule has 0 saturated heterocycles. The van der Waals surface area contributed by atoms with Gasteiger partial charge >= 0.3 is 18.0 Å². The number of benzene rings is 1. The Bertz CT molecular complexity index is 666. The molecule has 0 saturated carbocycles. The van der Waals surface area contributed by atoms with Crippen LogP contribution in [-0.2, 0) is 9.59 Å². The highest BCUT2D eigenvalue weighted by atomic mass is 32.1. The van der Waals surface area contributed by atoms with Crippen molar-refractivity contribution in [2.45, 2.75) is 12.5 Å². The van der Waals surface area contributed by atoms with E-state index in [-0.39, 0.29) is 0 Å². The molecular formula is C12H11N3O5S. The van der Waals surface area contributed by atoms with Crippen molar-refractivity contribution in [2.24, 2.45) is 0 Å². The molecule has 1 aromatic carbocycles. The fraction of sp³-hybridized carbons (Fsp3) is 0.167. The average molecular weight is 309 g/mol. The number of carbonyl (C=O) groups is 3. The van der Waals surface area contributed by atoms with Gasteiger partial charge in [-0.05, 0) is 12.1 Å². The van der Waals surface area contributed by atoms with Gasteiger partial charge in [0.1, 0.15) is 6.04 Å². The fourth-order valence-corrected chi connectivity index (χ4v) is 2.45. The Hall–Kier alpha value is -2.68. The maximum Gasteiger partial charge on any atom is 0.326 e. The topological polar surface area (TPSA) is 129 Å². The average Bonchev–Trinajstić information content (AvgIpc) is 2.79. The van der Waals surface area contributed by atoms with E-state index in [1.165, 1.54) is 11.3 Å². The van der Waals surface area contributed by atoms with Crippen molar-refractivity contribution in [2.75, 3.05) is 5.32 Å². The van der Waals surface area contributed by atoms with E-state index < -0.39 is 30.4 Å². The number of fused-ring (bicyclic) bond motifs is 1. The first-order valence-corrected chi connectivity index (χ1v) is 6.65. The number of amides is 2. The number of aliphatic carboxylic acids is 2. The van der Waals surface area contributed by atoms with Gasteiger partial charge in [-0.1, -0.05) is 23.5 Å². The molecule has 1 aromatic heterocycles. The van der Waals surface area contributed by atoms with E-state index in [0.29, 0.717) is 10.6 Å². The summed E-state index contributed by atoms with van der Waals surface area (Å²) in [5, 5.41) is 22.2. The van der Waals surface area contributed by atoms with Crippen LogP contribution >= 0.6 is 11.3 Å². The maximum atomic E-state index is 11.7. The number of hydrogen-bond donors (Lipinski definition) is 4. The summed E-state index contributed by atoms with van der Waals surface area (Å²) in [4.78, 5) is 37.2. The Balaban J connectivity index is 2.03.